The van der Waals surface area contributed by atoms with Gasteiger partial charge in [0.1, 0.15) is 11.3 Å². The van der Waals surface area contributed by atoms with E-state index in [1.54, 1.807) is 6.92 Å². The second-order valence-electron chi connectivity index (χ2n) is 5.78. The van der Waals surface area contributed by atoms with Crippen LogP contribution >= 0.6 is 11.6 Å². The summed E-state index contributed by atoms with van der Waals surface area (Å²) in [5.41, 5.74) is 3.12. The Labute approximate surface area is 151 Å². The van der Waals surface area contributed by atoms with Crippen LogP contribution in [0.2, 0.25) is 5.02 Å². The molecular weight excluding hydrogens is 336 g/mol. The number of nitrogens with zero attached hydrogens (tertiary/aromatic N) is 1. The Kier molecular flexibility index (Phi) is 5.19. The van der Waals surface area contributed by atoms with Gasteiger partial charge in [0, 0.05) is 5.02 Å². The molecule has 0 saturated heterocycles. The Morgan fingerprint density at radius 1 is 1.12 bits per heavy atom. The van der Waals surface area contributed by atoms with E-state index in [0.717, 1.165) is 11.1 Å². The summed E-state index contributed by atoms with van der Waals surface area (Å²) in [5.74, 6) is 0.330. The van der Waals surface area contributed by atoms with Crippen LogP contribution in [0.1, 0.15) is 45.9 Å². The Balaban J connectivity index is 1.96. The van der Waals surface area contributed by atoms with E-state index in [1.807, 2.05) is 61.5 Å². The first-order valence-corrected chi connectivity index (χ1v) is 8.54. The molecule has 0 spiro atoms. The van der Waals surface area contributed by atoms with Crippen LogP contribution in [0.25, 0.3) is 0 Å². The number of carbonyl (C=O) groups is 1. The molecule has 0 bridgehead atoms. The van der Waals surface area contributed by atoms with Crippen molar-refractivity contribution in [1.29, 1.82) is 0 Å². The van der Waals surface area contributed by atoms with E-state index in [1.165, 1.54) is 0 Å². The number of halogens is 1. The fourth-order valence-electron chi connectivity index (χ4n) is 2.81. The summed E-state index contributed by atoms with van der Waals surface area (Å²) in [6, 6.07) is 17.0. The molecule has 5 heteroatoms. The predicted octanol–water partition coefficient (Wildman–Crippen LogP) is 4.72. The second kappa shape index (κ2) is 7.53. The molecule has 3 aromatic rings. The Morgan fingerprint density at radius 3 is 2.40 bits per heavy atom. The number of hydrogen-bond acceptors (Lipinski definition) is 3. The SMILES string of the molecule is CCc1noc(C)c1C(=O)NC(c1ccccc1)c1ccc(Cl)cc1. The molecule has 1 unspecified atom stereocenters. The number of aryl methyl sites for hydroxylation is 2. The predicted molar refractivity (Wildman–Crippen MR) is 97.8 cm³/mol. The van der Waals surface area contributed by atoms with Crippen molar-refractivity contribution in [2.45, 2.75) is 26.3 Å². The number of nitrogens with one attached hydrogen (secondary N) is 1. The molecule has 0 radical (unpaired) electrons. The average molecular weight is 355 g/mol. The number of aromatic nitrogens is 1. The van der Waals surface area contributed by atoms with E-state index in [0.29, 0.717) is 28.5 Å². The third kappa shape index (κ3) is 3.74. The molecule has 1 N–H and O–H groups in total. The van der Waals surface area contributed by atoms with E-state index < -0.39 is 0 Å². The third-order valence-electron chi connectivity index (χ3n) is 4.11. The summed E-state index contributed by atoms with van der Waals surface area (Å²) < 4.78 is 5.19. The molecule has 2 aromatic carbocycles. The standard InChI is InChI=1S/C20H19ClN2O2/c1-3-17-18(13(2)25-23-17)20(24)22-19(14-7-5-4-6-8-14)15-9-11-16(21)12-10-15/h4-12,19H,3H2,1-2H3,(H,22,24). The summed E-state index contributed by atoms with van der Waals surface area (Å²) in [5, 5.41) is 7.73. The first-order chi connectivity index (χ1) is 12.1. The molecular formula is C20H19ClN2O2. The van der Waals surface area contributed by atoms with E-state index in [2.05, 4.69) is 10.5 Å². The zero-order chi connectivity index (χ0) is 17.8. The summed E-state index contributed by atoms with van der Waals surface area (Å²) in [7, 11) is 0. The van der Waals surface area contributed by atoms with Crippen molar-refractivity contribution in [1.82, 2.24) is 10.5 Å². The van der Waals surface area contributed by atoms with Gasteiger partial charge in [-0.1, -0.05) is 66.1 Å². The quantitative estimate of drug-likeness (QED) is 0.721. The van der Waals surface area contributed by atoms with Crippen LogP contribution < -0.4 is 5.32 Å². The van der Waals surface area contributed by atoms with Crippen molar-refractivity contribution < 1.29 is 9.32 Å². The molecule has 0 aliphatic rings. The number of hydrogen-bond donors (Lipinski definition) is 1. The largest absolute Gasteiger partial charge is 0.361 e. The van der Waals surface area contributed by atoms with Gasteiger partial charge in [-0.25, -0.2) is 0 Å². The van der Waals surface area contributed by atoms with Crippen molar-refractivity contribution in [2.24, 2.45) is 0 Å². The maximum Gasteiger partial charge on any atom is 0.257 e. The number of rotatable bonds is 5. The van der Waals surface area contributed by atoms with Gasteiger partial charge < -0.3 is 9.84 Å². The topological polar surface area (TPSA) is 55.1 Å². The molecule has 0 aliphatic heterocycles. The zero-order valence-electron chi connectivity index (χ0n) is 14.1. The maximum atomic E-state index is 12.9. The van der Waals surface area contributed by atoms with Gasteiger partial charge in [-0.05, 0) is 36.6 Å². The van der Waals surface area contributed by atoms with Crippen LogP contribution in [-0.2, 0) is 6.42 Å². The van der Waals surface area contributed by atoms with Gasteiger partial charge in [0.15, 0.2) is 0 Å². The lowest BCUT2D eigenvalue weighted by Crippen LogP contribution is -2.30. The molecule has 1 aromatic heterocycles. The van der Waals surface area contributed by atoms with E-state index in [9.17, 15) is 4.79 Å². The van der Waals surface area contributed by atoms with Crippen LogP contribution in [0.5, 0.6) is 0 Å². The fraction of sp³-hybridized carbons (Fsp3) is 0.200. The molecule has 1 atom stereocenters. The molecule has 0 aliphatic carbocycles. The lowest BCUT2D eigenvalue weighted by molar-refractivity contribution is 0.0940. The fourth-order valence-corrected chi connectivity index (χ4v) is 2.94. The van der Waals surface area contributed by atoms with Crippen LogP contribution in [0.3, 0.4) is 0 Å². The van der Waals surface area contributed by atoms with Crippen molar-refractivity contribution in [3.8, 4) is 0 Å². The van der Waals surface area contributed by atoms with Gasteiger partial charge in [0.05, 0.1) is 11.7 Å². The minimum atomic E-state index is -0.287. The summed E-state index contributed by atoms with van der Waals surface area (Å²) in [6.45, 7) is 3.70. The summed E-state index contributed by atoms with van der Waals surface area (Å²) in [4.78, 5) is 12.9. The molecule has 3 rings (SSSR count). The molecule has 4 nitrogen and oxygen atoms in total. The summed E-state index contributed by atoms with van der Waals surface area (Å²) >= 11 is 6.00. The molecule has 0 saturated carbocycles. The summed E-state index contributed by atoms with van der Waals surface area (Å²) in [6.07, 6.45) is 0.636. The van der Waals surface area contributed by atoms with Crippen molar-refractivity contribution in [3.63, 3.8) is 0 Å². The van der Waals surface area contributed by atoms with Gasteiger partial charge in [-0.3, -0.25) is 4.79 Å². The van der Waals surface area contributed by atoms with Gasteiger partial charge in [-0.2, -0.15) is 0 Å². The number of amides is 1. The van der Waals surface area contributed by atoms with E-state index in [-0.39, 0.29) is 11.9 Å². The van der Waals surface area contributed by atoms with Crippen molar-refractivity contribution >= 4 is 17.5 Å². The van der Waals surface area contributed by atoms with E-state index >= 15 is 0 Å². The van der Waals surface area contributed by atoms with Crippen LogP contribution in [-0.4, -0.2) is 11.1 Å². The van der Waals surface area contributed by atoms with Crippen molar-refractivity contribution in [2.75, 3.05) is 0 Å². The highest BCUT2D eigenvalue weighted by molar-refractivity contribution is 6.30. The lowest BCUT2D eigenvalue weighted by Gasteiger charge is -2.20. The minimum absolute atomic E-state index is 0.195. The van der Waals surface area contributed by atoms with Crippen molar-refractivity contribution in [3.05, 3.63) is 87.8 Å². The Morgan fingerprint density at radius 2 is 1.76 bits per heavy atom. The van der Waals surface area contributed by atoms with Gasteiger partial charge in [-0.15, -0.1) is 0 Å². The lowest BCUT2D eigenvalue weighted by atomic mass is 9.98. The first-order valence-electron chi connectivity index (χ1n) is 8.16. The first kappa shape index (κ1) is 17.2. The Hall–Kier alpha value is -2.59. The van der Waals surface area contributed by atoms with Gasteiger partial charge >= 0.3 is 0 Å². The molecule has 25 heavy (non-hydrogen) atoms. The van der Waals surface area contributed by atoms with Gasteiger partial charge in [0.2, 0.25) is 0 Å². The molecule has 128 valence electrons. The zero-order valence-corrected chi connectivity index (χ0v) is 14.9. The average Bonchev–Trinajstić information content (AvgIpc) is 3.02. The number of carbonyl (C=O) groups excluding carboxylic acids is 1. The highest BCUT2D eigenvalue weighted by Crippen LogP contribution is 2.25. The molecule has 1 heterocycles. The van der Waals surface area contributed by atoms with Crippen LogP contribution in [0, 0.1) is 6.92 Å². The van der Waals surface area contributed by atoms with Crippen LogP contribution in [0.4, 0.5) is 0 Å². The van der Waals surface area contributed by atoms with Crippen LogP contribution in [0.15, 0.2) is 59.1 Å². The third-order valence-corrected chi connectivity index (χ3v) is 4.36. The van der Waals surface area contributed by atoms with Gasteiger partial charge in [0.25, 0.3) is 5.91 Å². The highest BCUT2D eigenvalue weighted by Gasteiger charge is 2.23. The monoisotopic (exact) mass is 354 g/mol. The second-order valence-corrected chi connectivity index (χ2v) is 6.22. The highest BCUT2D eigenvalue weighted by atomic mass is 35.5. The smallest absolute Gasteiger partial charge is 0.257 e. The maximum absolute atomic E-state index is 12.9. The Bertz CT molecular complexity index is 857. The minimum Gasteiger partial charge on any atom is -0.361 e. The molecule has 1 amide bonds. The molecule has 0 fully saturated rings. The normalized spacial score (nSPS) is 12.0. The van der Waals surface area contributed by atoms with E-state index in [4.69, 9.17) is 16.1 Å². The number of benzene rings is 2.